The van der Waals surface area contributed by atoms with Crippen LogP contribution in [0.3, 0.4) is 0 Å². The highest BCUT2D eigenvalue weighted by Gasteiger charge is 2.47. The second-order valence-electron chi connectivity index (χ2n) is 7.10. The zero-order valence-corrected chi connectivity index (χ0v) is 13.9. The Morgan fingerprint density at radius 1 is 1.33 bits per heavy atom. The van der Waals surface area contributed by atoms with Crippen LogP contribution in [0.1, 0.15) is 31.2 Å². The summed E-state index contributed by atoms with van der Waals surface area (Å²) in [6.07, 6.45) is 5.20. The van der Waals surface area contributed by atoms with Crippen molar-refractivity contribution in [3.8, 4) is 0 Å². The van der Waals surface area contributed by atoms with Crippen molar-refractivity contribution in [2.75, 3.05) is 7.11 Å². The molecule has 1 saturated heterocycles. The summed E-state index contributed by atoms with van der Waals surface area (Å²) in [7, 11) is 1.46. The van der Waals surface area contributed by atoms with E-state index in [1.807, 2.05) is 18.3 Å². The number of aromatic nitrogens is 1. The highest BCUT2D eigenvalue weighted by molar-refractivity contribution is 5.83. The van der Waals surface area contributed by atoms with Gasteiger partial charge in [-0.3, -0.25) is 9.69 Å². The summed E-state index contributed by atoms with van der Waals surface area (Å²) in [6.45, 7) is 0.706. The lowest BCUT2D eigenvalue weighted by Gasteiger charge is -2.35. The molecule has 1 aromatic heterocycles. The molecule has 24 heavy (non-hydrogen) atoms. The Hall–Kier alpha value is -1.85. The van der Waals surface area contributed by atoms with E-state index in [9.17, 15) is 9.90 Å². The maximum Gasteiger partial charge on any atom is 0.323 e. The second kappa shape index (κ2) is 6.22. The highest BCUT2D eigenvalue weighted by atomic mass is 16.5. The fraction of sp³-hybridized carbons (Fsp3) is 0.526. The van der Waals surface area contributed by atoms with Crippen LogP contribution in [0, 0.1) is 5.92 Å². The first-order valence-corrected chi connectivity index (χ1v) is 8.74. The van der Waals surface area contributed by atoms with Crippen LogP contribution in [-0.2, 0) is 16.1 Å². The number of esters is 1. The molecular formula is C19H24N2O3. The van der Waals surface area contributed by atoms with Crippen molar-refractivity contribution < 1.29 is 14.6 Å². The van der Waals surface area contributed by atoms with E-state index in [-0.39, 0.29) is 24.2 Å². The van der Waals surface area contributed by atoms with E-state index in [0.29, 0.717) is 12.5 Å². The summed E-state index contributed by atoms with van der Waals surface area (Å²) in [6, 6.07) is 8.28. The van der Waals surface area contributed by atoms with Gasteiger partial charge in [0, 0.05) is 29.7 Å². The molecule has 2 aromatic rings. The van der Waals surface area contributed by atoms with Gasteiger partial charge in [0.15, 0.2) is 0 Å². The molecule has 0 bridgehead atoms. The standard InChI is InChI=1S/C19H24N2O3/c1-24-19(23)18-8-12-6-7-14(22)9-17(12)21(18)11-13-10-20-16-5-3-2-4-15(13)16/h2-5,10,12,14,17-18,20,22H,6-9,11H2,1H3/t12-,14-,17-,18+/m1/s1. The molecule has 4 rings (SSSR count). The molecule has 5 heteroatoms. The fourth-order valence-electron chi connectivity index (χ4n) is 4.58. The number of aliphatic hydroxyl groups excluding tert-OH is 1. The summed E-state index contributed by atoms with van der Waals surface area (Å²) in [5, 5.41) is 11.3. The molecule has 1 aromatic carbocycles. The van der Waals surface area contributed by atoms with E-state index in [2.05, 4.69) is 22.0 Å². The average molecular weight is 328 g/mol. The Balaban J connectivity index is 1.65. The van der Waals surface area contributed by atoms with Gasteiger partial charge in [-0.1, -0.05) is 18.2 Å². The molecule has 0 radical (unpaired) electrons. The maximum atomic E-state index is 12.3. The minimum absolute atomic E-state index is 0.154. The lowest BCUT2D eigenvalue weighted by Crippen LogP contribution is -2.44. The number of likely N-dealkylation sites (tertiary alicyclic amines) is 1. The van der Waals surface area contributed by atoms with E-state index < -0.39 is 0 Å². The van der Waals surface area contributed by atoms with Gasteiger partial charge in [-0.15, -0.1) is 0 Å². The number of rotatable bonds is 3. The van der Waals surface area contributed by atoms with Crippen LogP contribution in [-0.4, -0.2) is 46.3 Å². The molecular weight excluding hydrogens is 304 g/mol. The Labute approximate surface area is 141 Å². The van der Waals surface area contributed by atoms with E-state index in [4.69, 9.17) is 4.74 Å². The number of hydrogen-bond donors (Lipinski definition) is 2. The number of nitrogens with zero attached hydrogens (tertiary/aromatic N) is 1. The van der Waals surface area contributed by atoms with Crippen LogP contribution in [0.15, 0.2) is 30.5 Å². The smallest absolute Gasteiger partial charge is 0.323 e. The number of para-hydroxylation sites is 1. The molecule has 1 saturated carbocycles. The molecule has 5 nitrogen and oxygen atoms in total. The van der Waals surface area contributed by atoms with Crippen molar-refractivity contribution in [2.45, 2.75) is 50.4 Å². The third kappa shape index (κ3) is 2.62. The van der Waals surface area contributed by atoms with Crippen LogP contribution >= 0.6 is 0 Å². The summed E-state index contributed by atoms with van der Waals surface area (Å²) in [5.41, 5.74) is 2.31. The van der Waals surface area contributed by atoms with Crippen LogP contribution < -0.4 is 0 Å². The van der Waals surface area contributed by atoms with Gasteiger partial charge >= 0.3 is 5.97 Å². The van der Waals surface area contributed by atoms with Crippen molar-refractivity contribution in [3.63, 3.8) is 0 Å². The molecule has 2 heterocycles. The van der Waals surface area contributed by atoms with E-state index in [1.54, 1.807) is 0 Å². The Kier molecular flexibility index (Phi) is 4.06. The number of hydrogen-bond acceptors (Lipinski definition) is 4. The average Bonchev–Trinajstić information content (AvgIpc) is 3.17. The number of methoxy groups -OCH3 is 1. The normalized spacial score (nSPS) is 30.4. The van der Waals surface area contributed by atoms with Gasteiger partial charge < -0.3 is 14.8 Å². The minimum Gasteiger partial charge on any atom is -0.468 e. The number of carbonyl (C=O) groups excluding carboxylic acids is 1. The highest BCUT2D eigenvalue weighted by Crippen LogP contribution is 2.41. The van der Waals surface area contributed by atoms with Gasteiger partial charge in [0.05, 0.1) is 13.2 Å². The molecule has 0 unspecified atom stereocenters. The molecule has 128 valence electrons. The van der Waals surface area contributed by atoms with Crippen LogP contribution in [0.5, 0.6) is 0 Å². The summed E-state index contributed by atoms with van der Waals surface area (Å²) < 4.78 is 5.05. The predicted octanol–water partition coefficient (Wildman–Crippen LogP) is 2.44. The number of benzene rings is 1. The predicted molar refractivity (Wildman–Crippen MR) is 91.4 cm³/mol. The quantitative estimate of drug-likeness (QED) is 0.850. The molecule has 4 atom stereocenters. The van der Waals surface area contributed by atoms with Gasteiger partial charge in [-0.05, 0) is 43.2 Å². The molecule has 0 spiro atoms. The van der Waals surface area contributed by atoms with Gasteiger partial charge in [0.2, 0.25) is 0 Å². The number of fused-ring (bicyclic) bond motifs is 2. The minimum atomic E-state index is -0.256. The molecule has 2 aliphatic rings. The van der Waals surface area contributed by atoms with Crippen molar-refractivity contribution in [3.05, 3.63) is 36.0 Å². The number of aromatic amines is 1. The number of nitrogens with one attached hydrogen (secondary N) is 1. The van der Waals surface area contributed by atoms with Crippen molar-refractivity contribution >= 4 is 16.9 Å². The Bertz CT molecular complexity index is 741. The van der Waals surface area contributed by atoms with Crippen LogP contribution in [0.4, 0.5) is 0 Å². The van der Waals surface area contributed by atoms with E-state index in [1.165, 1.54) is 18.1 Å². The zero-order chi connectivity index (χ0) is 16.7. The zero-order valence-electron chi connectivity index (χ0n) is 13.9. The van der Waals surface area contributed by atoms with E-state index in [0.717, 1.165) is 31.2 Å². The van der Waals surface area contributed by atoms with Crippen molar-refractivity contribution in [1.29, 1.82) is 0 Å². The van der Waals surface area contributed by atoms with Crippen molar-refractivity contribution in [1.82, 2.24) is 9.88 Å². The molecule has 2 N–H and O–H groups in total. The number of aliphatic hydroxyl groups is 1. The maximum absolute atomic E-state index is 12.3. The van der Waals surface area contributed by atoms with Gasteiger partial charge in [0.25, 0.3) is 0 Å². The van der Waals surface area contributed by atoms with Gasteiger partial charge in [-0.2, -0.15) is 0 Å². The number of carbonyl (C=O) groups is 1. The summed E-state index contributed by atoms with van der Waals surface area (Å²) in [5.74, 6) is 0.321. The Morgan fingerprint density at radius 2 is 2.17 bits per heavy atom. The van der Waals surface area contributed by atoms with Crippen molar-refractivity contribution in [2.24, 2.45) is 5.92 Å². The number of ether oxygens (including phenoxy) is 1. The third-order valence-corrected chi connectivity index (χ3v) is 5.78. The molecule has 2 fully saturated rings. The van der Waals surface area contributed by atoms with Gasteiger partial charge in [0.1, 0.15) is 6.04 Å². The Morgan fingerprint density at radius 3 is 3.00 bits per heavy atom. The molecule has 1 aliphatic carbocycles. The van der Waals surface area contributed by atoms with Gasteiger partial charge in [-0.25, -0.2) is 0 Å². The topological polar surface area (TPSA) is 65.6 Å². The second-order valence-corrected chi connectivity index (χ2v) is 7.10. The summed E-state index contributed by atoms with van der Waals surface area (Å²) in [4.78, 5) is 17.9. The summed E-state index contributed by atoms with van der Waals surface area (Å²) >= 11 is 0. The SMILES string of the molecule is COC(=O)[C@@H]1C[C@H]2CC[C@@H](O)C[C@H]2N1Cc1c[nH]c2ccccc12. The molecule has 0 amide bonds. The third-order valence-electron chi connectivity index (χ3n) is 5.78. The first-order valence-electron chi connectivity index (χ1n) is 8.74. The largest absolute Gasteiger partial charge is 0.468 e. The van der Waals surface area contributed by atoms with Crippen LogP contribution in [0.2, 0.25) is 0 Å². The first-order chi connectivity index (χ1) is 11.7. The fourth-order valence-corrected chi connectivity index (χ4v) is 4.58. The lowest BCUT2D eigenvalue weighted by molar-refractivity contribution is -0.146. The molecule has 1 aliphatic heterocycles. The van der Waals surface area contributed by atoms with Crippen LogP contribution in [0.25, 0.3) is 10.9 Å². The lowest BCUT2D eigenvalue weighted by atomic mass is 9.83. The monoisotopic (exact) mass is 328 g/mol. The number of H-pyrrole nitrogens is 1. The van der Waals surface area contributed by atoms with E-state index >= 15 is 0 Å². The first kappa shape index (κ1) is 15.7.